The van der Waals surface area contributed by atoms with Gasteiger partial charge in [-0.15, -0.1) is 11.8 Å². The maximum atomic E-state index is 12.0. The van der Waals surface area contributed by atoms with Gasteiger partial charge >= 0.3 is 6.18 Å². The summed E-state index contributed by atoms with van der Waals surface area (Å²) in [5.41, 5.74) is 0. The molecule has 1 saturated heterocycles. The minimum Gasteiger partial charge on any atom is -0.336 e. The predicted octanol–water partition coefficient (Wildman–Crippen LogP) is 1.90. The van der Waals surface area contributed by atoms with Crippen LogP contribution in [0.3, 0.4) is 0 Å². The van der Waals surface area contributed by atoms with Gasteiger partial charge in [0, 0.05) is 7.05 Å². The highest BCUT2D eigenvalue weighted by Gasteiger charge is 2.34. The largest absolute Gasteiger partial charge is 0.406 e. The number of amides is 1. The van der Waals surface area contributed by atoms with Crippen LogP contribution in [0.1, 0.15) is 12.8 Å². The van der Waals surface area contributed by atoms with E-state index < -0.39 is 18.6 Å². The van der Waals surface area contributed by atoms with Crippen LogP contribution in [0.25, 0.3) is 0 Å². The van der Waals surface area contributed by atoms with E-state index in [1.807, 2.05) is 0 Å². The molecule has 0 radical (unpaired) electrons. The van der Waals surface area contributed by atoms with Gasteiger partial charge in [0.05, 0.1) is 5.25 Å². The third-order valence-corrected chi connectivity index (χ3v) is 3.36. The molecule has 14 heavy (non-hydrogen) atoms. The number of carbonyl (C=O) groups excluding carboxylic acids is 1. The highest BCUT2D eigenvalue weighted by molar-refractivity contribution is 8.00. The Morgan fingerprint density at radius 1 is 1.57 bits per heavy atom. The summed E-state index contributed by atoms with van der Waals surface area (Å²) in [5, 5.41) is -0.262. The molecule has 1 rings (SSSR count). The van der Waals surface area contributed by atoms with Crippen LogP contribution in [-0.2, 0) is 4.79 Å². The molecular weight excluding hydrogens is 215 g/mol. The van der Waals surface area contributed by atoms with Crippen LogP contribution in [-0.4, -0.2) is 41.6 Å². The van der Waals surface area contributed by atoms with Gasteiger partial charge < -0.3 is 4.90 Å². The van der Waals surface area contributed by atoms with Crippen molar-refractivity contribution in [1.82, 2.24) is 4.90 Å². The summed E-state index contributed by atoms with van der Waals surface area (Å²) in [6.07, 6.45) is -2.68. The first kappa shape index (κ1) is 11.7. The molecule has 0 aromatic carbocycles. The van der Waals surface area contributed by atoms with E-state index in [0.717, 1.165) is 17.1 Å². The molecule has 0 N–H and O–H groups in total. The Bertz CT molecular complexity index is 213. The van der Waals surface area contributed by atoms with Gasteiger partial charge in [0.15, 0.2) is 0 Å². The summed E-state index contributed by atoms with van der Waals surface area (Å²) in [5.74, 6) is 0.473. The molecule has 2 nitrogen and oxygen atoms in total. The maximum absolute atomic E-state index is 12.0. The quantitative estimate of drug-likeness (QED) is 0.718. The first-order valence-corrected chi connectivity index (χ1v) is 5.38. The van der Waals surface area contributed by atoms with Crippen LogP contribution in [0.4, 0.5) is 13.2 Å². The number of hydrogen-bond donors (Lipinski definition) is 0. The topological polar surface area (TPSA) is 20.3 Å². The summed E-state index contributed by atoms with van der Waals surface area (Å²) < 4.78 is 35.9. The van der Waals surface area contributed by atoms with E-state index in [0.29, 0.717) is 6.42 Å². The third-order valence-electron chi connectivity index (χ3n) is 2.00. The normalized spacial score (nSPS) is 22.4. The fourth-order valence-electron chi connectivity index (χ4n) is 1.37. The van der Waals surface area contributed by atoms with E-state index in [2.05, 4.69) is 0 Å². The van der Waals surface area contributed by atoms with Crippen LogP contribution in [0.15, 0.2) is 0 Å². The lowest BCUT2D eigenvalue weighted by atomic mass is 10.2. The Morgan fingerprint density at radius 3 is 2.64 bits per heavy atom. The van der Waals surface area contributed by atoms with Crippen molar-refractivity contribution in [2.24, 2.45) is 0 Å². The molecule has 6 heteroatoms. The standard InChI is InChI=1S/C8H12F3NOS/c1-12(5-8(9,10)11)7(13)6-3-2-4-14-6/h6H,2-5H2,1H3. The molecular formula is C8H12F3NOS. The molecule has 0 aromatic heterocycles. The monoisotopic (exact) mass is 227 g/mol. The third kappa shape index (κ3) is 3.40. The van der Waals surface area contributed by atoms with Crippen molar-refractivity contribution >= 4 is 17.7 Å². The Balaban J connectivity index is 2.43. The summed E-state index contributed by atoms with van der Waals surface area (Å²) in [4.78, 5) is 12.2. The van der Waals surface area contributed by atoms with Crippen molar-refractivity contribution in [3.63, 3.8) is 0 Å². The molecule has 82 valence electrons. The lowest BCUT2D eigenvalue weighted by Crippen LogP contribution is -2.39. The molecule has 1 heterocycles. The molecule has 1 fully saturated rings. The van der Waals surface area contributed by atoms with Crippen LogP contribution < -0.4 is 0 Å². The Morgan fingerprint density at radius 2 is 2.21 bits per heavy atom. The van der Waals surface area contributed by atoms with E-state index in [-0.39, 0.29) is 5.25 Å². The van der Waals surface area contributed by atoms with Gasteiger partial charge in [-0.1, -0.05) is 0 Å². The highest BCUT2D eigenvalue weighted by Crippen LogP contribution is 2.28. The first-order chi connectivity index (χ1) is 6.40. The lowest BCUT2D eigenvalue weighted by Gasteiger charge is -2.21. The van der Waals surface area contributed by atoms with Crippen molar-refractivity contribution in [3.05, 3.63) is 0 Å². The minimum absolute atomic E-state index is 0.262. The smallest absolute Gasteiger partial charge is 0.336 e. The van der Waals surface area contributed by atoms with E-state index in [1.54, 1.807) is 0 Å². The van der Waals surface area contributed by atoms with Crippen LogP contribution in [0.2, 0.25) is 0 Å². The molecule has 0 bridgehead atoms. The van der Waals surface area contributed by atoms with Crippen molar-refractivity contribution in [3.8, 4) is 0 Å². The van der Waals surface area contributed by atoms with Crippen LogP contribution >= 0.6 is 11.8 Å². The Labute approximate surface area is 84.8 Å². The van der Waals surface area contributed by atoms with Gasteiger partial charge in [0.2, 0.25) is 5.91 Å². The second-order valence-corrected chi connectivity index (χ2v) is 4.62. The molecule has 0 spiro atoms. The molecule has 1 amide bonds. The Hall–Kier alpha value is -0.390. The predicted molar refractivity (Wildman–Crippen MR) is 49.2 cm³/mol. The van der Waals surface area contributed by atoms with Crippen molar-refractivity contribution in [2.45, 2.75) is 24.3 Å². The maximum Gasteiger partial charge on any atom is 0.406 e. The summed E-state index contributed by atoms with van der Waals surface area (Å²) in [7, 11) is 1.20. The zero-order chi connectivity index (χ0) is 10.8. The van der Waals surface area contributed by atoms with Gasteiger partial charge in [-0.3, -0.25) is 4.79 Å². The molecule has 0 aromatic rings. The lowest BCUT2D eigenvalue weighted by molar-refractivity contribution is -0.158. The van der Waals surface area contributed by atoms with E-state index in [1.165, 1.54) is 18.8 Å². The number of rotatable bonds is 2. The first-order valence-electron chi connectivity index (χ1n) is 4.33. The van der Waals surface area contributed by atoms with Crippen LogP contribution in [0.5, 0.6) is 0 Å². The van der Waals surface area contributed by atoms with Gasteiger partial charge in [-0.2, -0.15) is 13.2 Å². The van der Waals surface area contributed by atoms with Gasteiger partial charge in [0.25, 0.3) is 0 Å². The molecule has 0 aliphatic carbocycles. The second-order valence-electron chi connectivity index (χ2n) is 3.31. The molecule has 1 unspecified atom stereocenters. The number of thioether (sulfide) groups is 1. The van der Waals surface area contributed by atoms with Crippen LogP contribution in [0, 0.1) is 0 Å². The van der Waals surface area contributed by atoms with Gasteiger partial charge in [-0.25, -0.2) is 0 Å². The molecule has 1 aliphatic heterocycles. The molecule has 0 saturated carbocycles. The number of alkyl halides is 3. The number of halogens is 3. The number of nitrogens with zero attached hydrogens (tertiary/aromatic N) is 1. The molecule has 1 atom stereocenters. The molecule has 1 aliphatic rings. The summed E-state index contributed by atoms with van der Waals surface area (Å²) in [6.45, 7) is -1.15. The van der Waals surface area contributed by atoms with Crippen molar-refractivity contribution in [2.75, 3.05) is 19.3 Å². The Kier molecular flexibility index (Phi) is 3.69. The van der Waals surface area contributed by atoms with Gasteiger partial charge in [0.1, 0.15) is 6.54 Å². The van der Waals surface area contributed by atoms with E-state index >= 15 is 0 Å². The number of carbonyl (C=O) groups is 1. The van der Waals surface area contributed by atoms with E-state index in [4.69, 9.17) is 0 Å². The summed E-state index contributed by atoms with van der Waals surface area (Å²) >= 11 is 1.45. The fourth-order valence-corrected chi connectivity index (χ4v) is 2.64. The summed E-state index contributed by atoms with van der Waals surface area (Å²) in [6, 6.07) is 0. The highest BCUT2D eigenvalue weighted by atomic mass is 32.2. The van der Waals surface area contributed by atoms with Gasteiger partial charge in [-0.05, 0) is 18.6 Å². The average Bonchev–Trinajstić information content (AvgIpc) is 2.51. The van der Waals surface area contributed by atoms with Crippen molar-refractivity contribution < 1.29 is 18.0 Å². The SMILES string of the molecule is CN(CC(F)(F)F)C(=O)C1CCCS1. The second kappa shape index (κ2) is 4.42. The zero-order valence-electron chi connectivity index (χ0n) is 7.80. The minimum atomic E-state index is -4.30. The van der Waals surface area contributed by atoms with E-state index in [9.17, 15) is 18.0 Å². The number of hydrogen-bond acceptors (Lipinski definition) is 2. The average molecular weight is 227 g/mol. The fraction of sp³-hybridized carbons (Fsp3) is 0.875. The van der Waals surface area contributed by atoms with Crippen molar-refractivity contribution in [1.29, 1.82) is 0 Å². The zero-order valence-corrected chi connectivity index (χ0v) is 8.62.